The van der Waals surface area contributed by atoms with E-state index >= 15 is 0 Å². The van der Waals surface area contributed by atoms with Gasteiger partial charge in [-0.3, -0.25) is 9.59 Å². The number of H-pyrrole nitrogens is 1. The van der Waals surface area contributed by atoms with Crippen LogP contribution in [-0.2, 0) is 11.2 Å². The van der Waals surface area contributed by atoms with Gasteiger partial charge in [0.15, 0.2) is 0 Å². The third-order valence-corrected chi connectivity index (χ3v) is 5.98. The van der Waals surface area contributed by atoms with E-state index in [9.17, 15) is 9.59 Å². The topological polar surface area (TPSA) is 92.1 Å². The van der Waals surface area contributed by atoms with Crippen LogP contribution in [0.15, 0.2) is 60.8 Å². The molecule has 0 spiro atoms. The van der Waals surface area contributed by atoms with Gasteiger partial charge in [-0.15, -0.1) is 0 Å². The highest BCUT2D eigenvalue weighted by molar-refractivity contribution is 5.92. The largest absolute Gasteiger partial charge is 0.366 e. The third-order valence-electron chi connectivity index (χ3n) is 5.98. The Hall–Kier alpha value is -3.41. The molecule has 3 aromatic rings. The van der Waals surface area contributed by atoms with Crippen molar-refractivity contribution in [1.82, 2.24) is 14.9 Å². The number of primary amides is 1. The van der Waals surface area contributed by atoms with Gasteiger partial charge in [-0.2, -0.15) is 0 Å². The SMILES string of the molecule is C[C@@H](Cc1ccc(C(N)=O)cc1)C(=O)N1CCCC[C@H]1c1ncc(-c2ccccc2)[nH]1. The second-order valence-corrected chi connectivity index (χ2v) is 8.26. The molecular formula is C25H28N4O2. The predicted molar refractivity (Wildman–Crippen MR) is 120 cm³/mol. The smallest absolute Gasteiger partial charge is 0.248 e. The number of nitrogens with one attached hydrogen (secondary N) is 1. The fraction of sp³-hybridized carbons (Fsp3) is 0.320. The molecule has 1 fully saturated rings. The number of piperidine rings is 1. The van der Waals surface area contributed by atoms with E-state index in [2.05, 4.69) is 9.97 Å². The van der Waals surface area contributed by atoms with E-state index in [1.54, 1.807) is 12.1 Å². The monoisotopic (exact) mass is 416 g/mol. The standard InChI is InChI=1S/C25H28N4O2/c1-17(15-18-10-12-20(13-11-18)23(26)30)25(31)29-14-6-5-9-22(29)24-27-16-21(28-24)19-7-3-2-4-8-19/h2-4,7-8,10-13,16-17,22H,5-6,9,14-15H2,1H3,(H2,26,30)(H,27,28)/t17-,22-/m0/s1. The number of carbonyl (C=O) groups excluding carboxylic acids is 2. The molecular weight excluding hydrogens is 388 g/mol. The van der Waals surface area contributed by atoms with Gasteiger partial charge in [0, 0.05) is 18.0 Å². The van der Waals surface area contributed by atoms with Crippen molar-refractivity contribution in [2.24, 2.45) is 11.7 Å². The van der Waals surface area contributed by atoms with E-state index < -0.39 is 5.91 Å². The highest BCUT2D eigenvalue weighted by atomic mass is 16.2. The van der Waals surface area contributed by atoms with Crippen LogP contribution in [0.25, 0.3) is 11.3 Å². The van der Waals surface area contributed by atoms with Crippen molar-refractivity contribution in [3.8, 4) is 11.3 Å². The molecule has 0 saturated carbocycles. The number of carbonyl (C=O) groups is 2. The van der Waals surface area contributed by atoms with Crippen LogP contribution in [0, 0.1) is 5.92 Å². The minimum atomic E-state index is -0.444. The summed E-state index contributed by atoms with van der Waals surface area (Å²) < 4.78 is 0. The van der Waals surface area contributed by atoms with E-state index in [1.807, 2.05) is 60.5 Å². The van der Waals surface area contributed by atoms with Crippen molar-refractivity contribution < 1.29 is 9.59 Å². The second-order valence-electron chi connectivity index (χ2n) is 8.26. The molecule has 0 unspecified atom stereocenters. The number of nitrogens with zero attached hydrogens (tertiary/aromatic N) is 2. The maximum Gasteiger partial charge on any atom is 0.248 e. The highest BCUT2D eigenvalue weighted by Crippen LogP contribution is 2.32. The van der Waals surface area contributed by atoms with Gasteiger partial charge >= 0.3 is 0 Å². The molecule has 160 valence electrons. The van der Waals surface area contributed by atoms with E-state index in [0.29, 0.717) is 12.0 Å². The summed E-state index contributed by atoms with van der Waals surface area (Å²) in [6, 6.07) is 17.2. The Morgan fingerprint density at radius 2 is 1.87 bits per heavy atom. The minimum Gasteiger partial charge on any atom is -0.366 e. The molecule has 2 heterocycles. The van der Waals surface area contributed by atoms with Crippen LogP contribution in [0.4, 0.5) is 0 Å². The van der Waals surface area contributed by atoms with Crippen LogP contribution < -0.4 is 5.73 Å². The molecule has 6 nitrogen and oxygen atoms in total. The number of likely N-dealkylation sites (tertiary alicyclic amines) is 1. The van der Waals surface area contributed by atoms with Crippen molar-refractivity contribution >= 4 is 11.8 Å². The average Bonchev–Trinajstić information content (AvgIpc) is 3.30. The Kier molecular flexibility index (Phi) is 6.16. The molecule has 6 heteroatoms. The normalized spacial score (nSPS) is 17.3. The molecule has 2 aromatic carbocycles. The first-order valence-corrected chi connectivity index (χ1v) is 10.8. The third kappa shape index (κ3) is 4.68. The number of aromatic amines is 1. The molecule has 1 aliphatic heterocycles. The lowest BCUT2D eigenvalue weighted by Gasteiger charge is -2.36. The lowest BCUT2D eigenvalue weighted by molar-refractivity contribution is -0.139. The number of rotatable bonds is 6. The Morgan fingerprint density at radius 1 is 1.13 bits per heavy atom. The lowest BCUT2D eigenvalue weighted by atomic mass is 9.95. The Balaban J connectivity index is 1.48. The number of hydrogen-bond acceptors (Lipinski definition) is 3. The number of nitrogens with two attached hydrogens (primary N) is 1. The lowest BCUT2D eigenvalue weighted by Crippen LogP contribution is -2.42. The number of aromatic nitrogens is 2. The zero-order chi connectivity index (χ0) is 21.8. The van der Waals surface area contributed by atoms with Gasteiger partial charge in [0.2, 0.25) is 11.8 Å². The van der Waals surface area contributed by atoms with E-state index in [1.165, 1.54) is 0 Å². The molecule has 3 N–H and O–H groups in total. The van der Waals surface area contributed by atoms with Crippen molar-refractivity contribution in [2.45, 2.75) is 38.6 Å². The maximum atomic E-state index is 13.3. The number of hydrogen-bond donors (Lipinski definition) is 2. The van der Waals surface area contributed by atoms with Crippen molar-refractivity contribution in [3.63, 3.8) is 0 Å². The Labute approximate surface area is 182 Å². The maximum absolute atomic E-state index is 13.3. The fourth-order valence-electron chi connectivity index (χ4n) is 4.28. The average molecular weight is 417 g/mol. The summed E-state index contributed by atoms with van der Waals surface area (Å²) in [5, 5.41) is 0. The van der Waals surface area contributed by atoms with Gasteiger partial charge in [-0.1, -0.05) is 49.4 Å². The molecule has 1 saturated heterocycles. The first-order chi connectivity index (χ1) is 15.0. The summed E-state index contributed by atoms with van der Waals surface area (Å²) in [6.07, 6.45) is 5.47. The molecule has 0 aliphatic carbocycles. The van der Waals surface area contributed by atoms with Crippen LogP contribution in [-0.4, -0.2) is 33.2 Å². The molecule has 31 heavy (non-hydrogen) atoms. The number of amides is 2. The first kappa shape index (κ1) is 20.8. The summed E-state index contributed by atoms with van der Waals surface area (Å²) in [5.41, 5.74) is 8.86. The van der Waals surface area contributed by atoms with Crippen LogP contribution in [0.5, 0.6) is 0 Å². The number of imidazole rings is 1. The zero-order valence-electron chi connectivity index (χ0n) is 17.8. The minimum absolute atomic E-state index is 0.0293. The molecule has 0 bridgehead atoms. The van der Waals surface area contributed by atoms with Gasteiger partial charge in [0.1, 0.15) is 5.82 Å². The van der Waals surface area contributed by atoms with Crippen molar-refractivity contribution in [2.75, 3.05) is 6.54 Å². The van der Waals surface area contributed by atoms with Crippen LogP contribution in [0.3, 0.4) is 0 Å². The van der Waals surface area contributed by atoms with Crippen LogP contribution >= 0.6 is 0 Å². The van der Waals surface area contributed by atoms with Gasteiger partial charge in [-0.05, 0) is 48.9 Å². The summed E-state index contributed by atoms with van der Waals surface area (Å²) in [6.45, 7) is 2.71. The summed E-state index contributed by atoms with van der Waals surface area (Å²) in [5.74, 6) is 0.384. The van der Waals surface area contributed by atoms with Gasteiger partial charge in [0.25, 0.3) is 0 Å². The second kappa shape index (κ2) is 9.16. The van der Waals surface area contributed by atoms with E-state index in [4.69, 9.17) is 5.73 Å². The molecule has 2 atom stereocenters. The van der Waals surface area contributed by atoms with Gasteiger partial charge in [-0.25, -0.2) is 4.98 Å². The van der Waals surface area contributed by atoms with Gasteiger partial charge in [0.05, 0.1) is 17.9 Å². The predicted octanol–water partition coefficient (Wildman–Crippen LogP) is 4.11. The Morgan fingerprint density at radius 3 is 2.58 bits per heavy atom. The molecule has 1 aromatic heterocycles. The molecule has 4 rings (SSSR count). The summed E-state index contributed by atoms with van der Waals surface area (Å²) in [4.78, 5) is 34.7. The summed E-state index contributed by atoms with van der Waals surface area (Å²) in [7, 11) is 0. The fourth-order valence-corrected chi connectivity index (χ4v) is 4.28. The first-order valence-electron chi connectivity index (χ1n) is 10.8. The molecule has 2 amide bonds. The van der Waals surface area contributed by atoms with Gasteiger partial charge < -0.3 is 15.6 Å². The number of benzene rings is 2. The highest BCUT2D eigenvalue weighted by Gasteiger charge is 2.32. The van der Waals surface area contributed by atoms with Crippen LogP contribution in [0.2, 0.25) is 0 Å². The molecule has 1 aliphatic rings. The van der Waals surface area contributed by atoms with Crippen molar-refractivity contribution in [3.05, 3.63) is 77.7 Å². The quantitative estimate of drug-likeness (QED) is 0.633. The van der Waals surface area contributed by atoms with Crippen LogP contribution in [0.1, 0.15) is 54.0 Å². The summed E-state index contributed by atoms with van der Waals surface area (Å²) >= 11 is 0. The van der Waals surface area contributed by atoms with Crippen molar-refractivity contribution in [1.29, 1.82) is 0 Å². The Bertz CT molecular complexity index is 1040. The molecule has 0 radical (unpaired) electrons. The van der Waals surface area contributed by atoms with E-state index in [-0.39, 0.29) is 17.9 Å². The zero-order valence-corrected chi connectivity index (χ0v) is 17.8. The van der Waals surface area contributed by atoms with E-state index in [0.717, 1.165) is 48.5 Å².